The SMILES string of the molecule is COc1cnc(C(N)c2cc(Br)ccc2F)c(OC)n1. The Balaban J connectivity index is 2.47. The first-order valence-corrected chi connectivity index (χ1v) is 6.51. The number of hydrogen-bond acceptors (Lipinski definition) is 5. The molecule has 1 aromatic carbocycles. The summed E-state index contributed by atoms with van der Waals surface area (Å²) in [5.74, 6) is 0.0871. The van der Waals surface area contributed by atoms with Crippen molar-refractivity contribution in [3.05, 3.63) is 45.9 Å². The van der Waals surface area contributed by atoms with Gasteiger partial charge >= 0.3 is 0 Å². The zero-order valence-electron chi connectivity index (χ0n) is 10.9. The molecule has 0 saturated heterocycles. The van der Waals surface area contributed by atoms with E-state index in [9.17, 15) is 4.39 Å². The van der Waals surface area contributed by atoms with Crippen LogP contribution >= 0.6 is 15.9 Å². The monoisotopic (exact) mass is 341 g/mol. The number of nitrogens with zero attached hydrogens (tertiary/aromatic N) is 2. The number of ether oxygens (including phenoxy) is 2. The van der Waals surface area contributed by atoms with E-state index in [0.29, 0.717) is 17.1 Å². The van der Waals surface area contributed by atoms with E-state index < -0.39 is 11.9 Å². The number of nitrogens with two attached hydrogens (primary N) is 1. The van der Waals surface area contributed by atoms with Crippen LogP contribution in [0.2, 0.25) is 0 Å². The van der Waals surface area contributed by atoms with Gasteiger partial charge in [-0.05, 0) is 18.2 Å². The van der Waals surface area contributed by atoms with Crippen LogP contribution in [0, 0.1) is 5.82 Å². The molecule has 0 amide bonds. The molecule has 2 rings (SSSR count). The molecule has 0 radical (unpaired) electrons. The molecule has 0 aliphatic carbocycles. The van der Waals surface area contributed by atoms with E-state index in [2.05, 4.69) is 25.9 Å². The molecule has 0 bridgehead atoms. The van der Waals surface area contributed by atoms with Crippen LogP contribution in [0.5, 0.6) is 11.8 Å². The molecule has 2 aromatic rings. The summed E-state index contributed by atoms with van der Waals surface area (Å²) in [4.78, 5) is 8.24. The molecular weight excluding hydrogens is 329 g/mol. The first-order chi connectivity index (χ1) is 9.56. The van der Waals surface area contributed by atoms with Crippen molar-refractivity contribution in [2.45, 2.75) is 6.04 Å². The molecule has 0 fully saturated rings. The van der Waals surface area contributed by atoms with Crippen LogP contribution in [0.1, 0.15) is 17.3 Å². The molecule has 0 aliphatic rings. The third-order valence-electron chi connectivity index (χ3n) is 2.74. The van der Waals surface area contributed by atoms with E-state index in [4.69, 9.17) is 15.2 Å². The molecule has 0 spiro atoms. The van der Waals surface area contributed by atoms with Crippen molar-refractivity contribution in [3.8, 4) is 11.8 Å². The quantitative estimate of drug-likeness (QED) is 0.924. The summed E-state index contributed by atoms with van der Waals surface area (Å²) in [5, 5.41) is 0. The Morgan fingerprint density at radius 1 is 1.30 bits per heavy atom. The van der Waals surface area contributed by atoms with Gasteiger partial charge in [0, 0.05) is 10.0 Å². The molecular formula is C13H13BrFN3O2. The molecule has 106 valence electrons. The first kappa shape index (κ1) is 14.7. The molecule has 7 heteroatoms. The number of hydrogen-bond donors (Lipinski definition) is 1. The van der Waals surface area contributed by atoms with Gasteiger partial charge in [0.05, 0.1) is 26.5 Å². The normalized spacial score (nSPS) is 12.1. The molecule has 0 aliphatic heterocycles. The highest BCUT2D eigenvalue weighted by atomic mass is 79.9. The predicted molar refractivity (Wildman–Crippen MR) is 75.3 cm³/mol. The van der Waals surface area contributed by atoms with Crippen LogP contribution in [0.25, 0.3) is 0 Å². The Morgan fingerprint density at radius 2 is 2.05 bits per heavy atom. The van der Waals surface area contributed by atoms with Crippen LogP contribution in [0.4, 0.5) is 4.39 Å². The molecule has 1 aromatic heterocycles. The molecule has 1 heterocycles. The second kappa shape index (κ2) is 6.15. The van der Waals surface area contributed by atoms with Crippen LogP contribution in [0.15, 0.2) is 28.9 Å². The molecule has 5 nitrogen and oxygen atoms in total. The minimum Gasteiger partial charge on any atom is -0.480 e. The zero-order chi connectivity index (χ0) is 14.7. The maximum atomic E-state index is 13.9. The van der Waals surface area contributed by atoms with Crippen LogP contribution in [-0.4, -0.2) is 24.2 Å². The van der Waals surface area contributed by atoms with E-state index >= 15 is 0 Å². The summed E-state index contributed by atoms with van der Waals surface area (Å²) < 4.78 is 24.7. The third-order valence-corrected chi connectivity index (χ3v) is 3.23. The molecule has 2 N–H and O–H groups in total. The smallest absolute Gasteiger partial charge is 0.240 e. The number of benzene rings is 1. The fourth-order valence-corrected chi connectivity index (χ4v) is 2.11. The van der Waals surface area contributed by atoms with Crippen molar-refractivity contribution in [2.24, 2.45) is 5.73 Å². The molecule has 1 atom stereocenters. The highest BCUT2D eigenvalue weighted by Gasteiger charge is 2.21. The van der Waals surface area contributed by atoms with Gasteiger partial charge in [-0.15, -0.1) is 0 Å². The van der Waals surface area contributed by atoms with Crippen LogP contribution in [-0.2, 0) is 0 Å². The zero-order valence-corrected chi connectivity index (χ0v) is 12.5. The number of rotatable bonds is 4. The van der Waals surface area contributed by atoms with Crippen LogP contribution in [0.3, 0.4) is 0 Å². The summed E-state index contributed by atoms with van der Waals surface area (Å²) in [5.41, 5.74) is 6.71. The van der Waals surface area contributed by atoms with Gasteiger partial charge in [0.25, 0.3) is 0 Å². The minimum absolute atomic E-state index is 0.205. The second-order valence-electron chi connectivity index (χ2n) is 3.95. The second-order valence-corrected chi connectivity index (χ2v) is 4.87. The topological polar surface area (TPSA) is 70.3 Å². The highest BCUT2D eigenvalue weighted by Crippen LogP contribution is 2.29. The fraction of sp³-hybridized carbons (Fsp3) is 0.231. The Bertz CT molecular complexity index is 625. The van der Waals surface area contributed by atoms with Crippen LogP contribution < -0.4 is 15.2 Å². The lowest BCUT2D eigenvalue weighted by atomic mass is 10.0. The average Bonchev–Trinajstić information content (AvgIpc) is 2.48. The number of aromatic nitrogens is 2. The molecule has 1 unspecified atom stereocenters. The summed E-state index contributed by atoms with van der Waals surface area (Å²) in [6.45, 7) is 0. The minimum atomic E-state index is -0.791. The summed E-state index contributed by atoms with van der Waals surface area (Å²) >= 11 is 3.29. The van der Waals surface area contributed by atoms with Crippen molar-refractivity contribution < 1.29 is 13.9 Å². The van der Waals surface area contributed by atoms with E-state index in [1.807, 2.05) is 0 Å². The van der Waals surface area contributed by atoms with Crippen molar-refractivity contribution >= 4 is 15.9 Å². The van der Waals surface area contributed by atoms with Crippen molar-refractivity contribution in [1.29, 1.82) is 0 Å². The van der Waals surface area contributed by atoms with E-state index in [-0.39, 0.29) is 5.88 Å². The lowest BCUT2D eigenvalue weighted by Gasteiger charge is -2.15. The highest BCUT2D eigenvalue weighted by molar-refractivity contribution is 9.10. The summed E-state index contributed by atoms with van der Waals surface area (Å²) in [7, 11) is 2.91. The average molecular weight is 342 g/mol. The molecule has 0 saturated carbocycles. The summed E-state index contributed by atoms with van der Waals surface area (Å²) in [6, 6.07) is 3.75. The first-order valence-electron chi connectivity index (χ1n) is 5.72. The fourth-order valence-electron chi connectivity index (χ4n) is 1.73. The van der Waals surface area contributed by atoms with Gasteiger partial charge in [-0.3, -0.25) is 0 Å². The number of methoxy groups -OCH3 is 2. The van der Waals surface area contributed by atoms with Gasteiger partial charge in [0.1, 0.15) is 11.5 Å². The van der Waals surface area contributed by atoms with Crippen molar-refractivity contribution in [2.75, 3.05) is 14.2 Å². The Kier molecular flexibility index (Phi) is 4.51. The van der Waals surface area contributed by atoms with E-state index in [0.717, 1.165) is 4.47 Å². The Morgan fingerprint density at radius 3 is 2.70 bits per heavy atom. The number of halogens is 2. The van der Waals surface area contributed by atoms with Gasteiger partial charge < -0.3 is 15.2 Å². The largest absolute Gasteiger partial charge is 0.480 e. The van der Waals surface area contributed by atoms with Gasteiger partial charge in [-0.25, -0.2) is 9.37 Å². The maximum Gasteiger partial charge on any atom is 0.240 e. The third kappa shape index (κ3) is 2.88. The van der Waals surface area contributed by atoms with Gasteiger partial charge in [-0.1, -0.05) is 15.9 Å². The Hall–Kier alpha value is -1.73. The van der Waals surface area contributed by atoms with Gasteiger partial charge in [-0.2, -0.15) is 4.98 Å². The summed E-state index contributed by atoms with van der Waals surface area (Å²) in [6.07, 6.45) is 1.41. The van der Waals surface area contributed by atoms with Gasteiger partial charge in [0.2, 0.25) is 11.8 Å². The lowest BCUT2D eigenvalue weighted by Crippen LogP contribution is -2.17. The predicted octanol–water partition coefficient (Wildman–Crippen LogP) is 2.44. The van der Waals surface area contributed by atoms with E-state index in [1.165, 1.54) is 26.5 Å². The van der Waals surface area contributed by atoms with Gasteiger partial charge in [0.15, 0.2) is 0 Å². The van der Waals surface area contributed by atoms with Crippen molar-refractivity contribution in [1.82, 2.24) is 9.97 Å². The van der Waals surface area contributed by atoms with Crippen molar-refractivity contribution in [3.63, 3.8) is 0 Å². The van der Waals surface area contributed by atoms with E-state index in [1.54, 1.807) is 12.1 Å². The standard InChI is InChI=1S/C13H13BrFN3O2/c1-19-10-6-17-12(13(18-10)20-2)11(16)8-5-7(14)3-4-9(8)15/h3-6,11H,16H2,1-2H3. The molecule has 20 heavy (non-hydrogen) atoms. The maximum absolute atomic E-state index is 13.9. The lowest BCUT2D eigenvalue weighted by molar-refractivity contribution is 0.355. The Labute approximate surface area is 124 Å².